The summed E-state index contributed by atoms with van der Waals surface area (Å²) < 4.78 is 5.75. The van der Waals surface area contributed by atoms with Crippen LogP contribution in [-0.4, -0.2) is 146 Å². The summed E-state index contributed by atoms with van der Waals surface area (Å²) in [6.45, 7) is 3.03. The van der Waals surface area contributed by atoms with Gasteiger partial charge in [0.15, 0.2) is 0 Å². The zero-order chi connectivity index (χ0) is 62.6. The number of primary amides is 1. The Morgan fingerprint density at radius 1 is 0.609 bits per heavy atom. The second kappa shape index (κ2) is 27.9. The number of benzene rings is 5. The highest BCUT2D eigenvalue weighted by Crippen LogP contribution is 2.35. The van der Waals surface area contributed by atoms with Crippen molar-refractivity contribution in [2.75, 3.05) is 44.6 Å². The van der Waals surface area contributed by atoms with Gasteiger partial charge >= 0.3 is 12.1 Å². The number of urea groups is 1. The van der Waals surface area contributed by atoms with E-state index in [0.717, 1.165) is 26.8 Å². The highest BCUT2D eigenvalue weighted by atomic mass is 16.6. The van der Waals surface area contributed by atoms with Gasteiger partial charge in [0.1, 0.15) is 18.7 Å². The molecule has 0 aromatic heterocycles. The van der Waals surface area contributed by atoms with Crippen molar-refractivity contribution in [3.63, 3.8) is 0 Å². The average Bonchev–Trinajstić information content (AvgIpc) is 1.14. The number of anilines is 1. The minimum atomic E-state index is -1.16. The minimum Gasteiger partial charge on any atom is -0.445 e. The molecule has 0 radical (unpaired) electrons. The van der Waals surface area contributed by atoms with Gasteiger partial charge in [-0.05, 0) is 91.5 Å². The molecule has 3 aliphatic heterocycles. The molecule has 0 bridgehead atoms. The Morgan fingerprint density at radius 2 is 1.14 bits per heavy atom. The molecule has 2 atom stereocenters. The van der Waals surface area contributed by atoms with Crippen molar-refractivity contribution < 1.29 is 67.3 Å². The van der Waals surface area contributed by atoms with Crippen molar-refractivity contribution in [3.8, 4) is 0 Å². The highest BCUT2D eigenvalue weighted by Gasteiger charge is 2.37. The fourth-order valence-electron chi connectivity index (χ4n) is 10.6. The van der Waals surface area contributed by atoms with Crippen molar-refractivity contribution in [3.05, 3.63) is 145 Å². The highest BCUT2D eigenvalue weighted by molar-refractivity contribution is 6.27. The fourth-order valence-corrected chi connectivity index (χ4v) is 10.6. The zero-order valence-corrected chi connectivity index (χ0v) is 47.6. The first kappa shape index (κ1) is 62.6. The molecule has 0 saturated heterocycles. The van der Waals surface area contributed by atoms with Crippen LogP contribution in [0.15, 0.2) is 97.1 Å². The van der Waals surface area contributed by atoms with Crippen molar-refractivity contribution in [1.29, 1.82) is 0 Å². The molecule has 87 heavy (non-hydrogen) atoms. The number of ether oxygens (including phenoxy) is 1. The monoisotopic (exact) mass is 1190 g/mol. The largest absolute Gasteiger partial charge is 0.445 e. The van der Waals surface area contributed by atoms with Crippen molar-refractivity contribution >= 4 is 104 Å². The molecule has 1 unspecified atom stereocenters. The van der Waals surface area contributed by atoms with E-state index >= 15 is 0 Å². The van der Waals surface area contributed by atoms with Crippen LogP contribution >= 0.6 is 0 Å². The Kier molecular flexibility index (Phi) is 20.1. The number of rotatable bonds is 29. The lowest BCUT2D eigenvalue weighted by molar-refractivity contribution is -0.384. The van der Waals surface area contributed by atoms with Gasteiger partial charge in [-0.15, -0.1) is 0 Å². The lowest BCUT2D eigenvalue weighted by atomic mass is 9.93. The summed E-state index contributed by atoms with van der Waals surface area (Å²) in [5, 5.41) is 35.5. The van der Waals surface area contributed by atoms with Crippen molar-refractivity contribution in [2.24, 2.45) is 11.7 Å². The maximum Gasteiger partial charge on any atom is 0.410 e. The summed E-state index contributed by atoms with van der Waals surface area (Å²) in [6, 6.07) is 17.3. The number of carbonyl (C=O) groups excluding carboxylic acids is 11. The van der Waals surface area contributed by atoms with E-state index < -0.39 is 93.1 Å². The molecular weight excluding hydrogens is 1130 g/mol. The Balaban J connectivity index is 0.896. The number of nitrogens with one attached hydrogen (secondary N) is 4. The van der Waals surface area contributed by atoms with Crippen LogP contribution in [0.3, 0.4) is 0 Å². The van der Waals surface area contributed by atoms with Crippen LogP contribution in [0.4, 0.5) is 26.7 Å². The van der Waals surface area contributed by atoms with Gasteiger partial charge in [-0.3, -0.25) is 78.1 Å². The number of hydrogen-bond acceptors (Lipinski definition) is 16. The number of nitrogens with two attached hydrogens (primary N) is 1. The molecule has 27 heteroatoms. The molecule has 0 saturated carbocycles. The van der Waals surface area contributed by atoms with Crippen LogP contribution in [-0.2, 0) is 35.3 Å². The van der Waals surface area contributed by atoms with Gasteiger partial charge in [-0.1, -0.05) is 56.7 Å². The summed E-state index contributed by atoms with van der Waals surface area (Å²) >= 11 is 0. The van der Waals surface area contributed by atoms with Crippen LogP contribution in [0, 0.1) is 26.1 Å². The number of nitrogens with zero attached hydrogens (tertiary/aromatic N) is 6. The first-order valence-electron chi connectivity index (χ1n) is 28.2. The third kappa shape index (κ3) is 14.9. The van der Waals surface area contributed by atoms with Gasteiger partial charge < -0.3 is 36.6 Å². The van der Waals surface area contributed by atoms with Crippen molar-refractivity contribution in [1.82, 2.24) is 35.6 Å². The SMILES string of the molecule is CC(C)C(NC(=O)CCCCCN1C(=O)C=CC1=O)C(=O)N[C@@H](CCCNC(N)=O)C(=O)Nc1ccc(COC(=O)N(CCCCN2C(=O)c3cccc4cc([N+](=O)[O-])cc(c34)C2=O)CCCN2C(=O)c3cccc4cc([N+](=O)[O-])cc(c34)C2=O)cc1. The molecule has 12 amide bonds. The summed E-state index contributed by atoms with van der Waals surface area (Å²) in [6.07, 6.45) is 3.72. The summed E-state index contributed by atoms with van der Waals surface area (Å²) in [5.41, 5.74) is 5.65. The Morgan fingerprint density at radius 3 is 1.69 bits per heavy atom. The molecule has 3 aliphatic rings. The number of unbranched alkanes of at least 4 members (excludes halogenated alkanes) is 3. The van der Waals surface area contributed by atoms with E-state index in [0.29, 0.717) is 41.0 Å². The van der Waals surface area contributed by atoms with Gasteiger partial charge in [0.2, 0.25) is 17.7 Å². The number of carbonyl (C=O) groups is 11. The van der Waals surface area contributed by atoms with E-state index in [2.05, 4.69) is 21.3 Å². The van der Waals surface area contributed by atoms with Gasteiger partial charge in [0.05, 0.1) is 21.0 Å². The Labute approximate surface area is 496 Å². The summed E-state index contributed by atoms with van der Waals surface area (Å²) in [4.78, 5) is 171. The van der Waals surface area contributed by atoms with Crippen LogP contribution in [0.25, 0.3) is 21.5 Å². The van der Waals surface area contributed by atoms with Gasteiger partial charge in [-0.2, -0.15) is 0 Å². The number of nitro groups is 2. The Hall–Kier alpha value is -10.5. The standard InChI is InChI=1S/C60H63N11O16/c1-35(2)52(65-47(72)17-4-3-5-27-67-48(73)22-23-49(67)74)54(76)64-46(16-10-24-62-59(61)81)53(75)63-39-20-18-36(19-21-39)34-87-60(82)66(26-11-29-69-56(78)43-15-9-13-38-31-41(71(85)86)33-45(51(38)43)58(69)80)25-6-7-28-68-55(77)42-14-8-12-37-30-40(70(83)84)32-44(50(37)42)57(68)79/h8-9,12-15,18-23,30-33,35,46,52H,3-7,10-11,16-17,24-29,34H2,1-2H3,(H,63,75)(H,64,76)(H,65,72)(H3,61,62,81)/t46-,52?/m0/s1. The number of hydrogen-bond donors (Lipinski definition) is 5. The van der Waals surface area contributed by atoms with Gasteiger partial charge in [0, 0.05) is 110 Å². The molecule has 454 valence electrons. The maximum absolute atomic E-state index is 14.0. The minimum absolute atomic E-state index is 0.00158. The molecule has 27 nitrogen and oxygen atoms in total. The lowest BCUT2D eigenvalue weighted by Crippen LogP contribution is -2.54. The molecule has 0 spiro atoms. The topological polar surface area (TPSA) is 370 Å². The van der Waals surface area contributed by atoms with E-state index in [1.165, 1.54) is 53.5 Å². The third-order valence-corrected chi connectivity index (χ3v) is 15.0. The number of imide groups is 3. The predicted octanol–water partition coefficient (Wildman–Crippen LogP) is 6.01. The summed E-state index contributed by atoms with van der Waals surface area (Å²) in [5.74, 6) is -5.58. The van der Waals surface area contributed by atoms with Gasteiger partial charge in [0.25, 0.3) is 46.8 Å². The van der Waals surface area contributed by atoms with E-state index in [1.54, 1.807) is 50.2 Å². The quantitative estimate of drug-likeness (QED) is 0.0158. The second-order valence-corrected chi connectivity index (χ2v) is 21.4. The Bertz CT molecular complexity index is 3640. The van der Waals surface area contributed by atoms with Crippen molar-refractivity contribution in [2.45, 2.75) is 90.3 Å². The fraction of sp³-hybridized carbons (Fsp3) is 0.350. The van der Waals surface area contributed by atoms with E-state index in [1.807, 2.05) is 0 Å². The normalized spacial score (nSPS) is 14.2. The maximum atomic E-state index is 14.0. The number of non-ortho nitro benzene ring substituents is 2. The first-order chi connectivity index (χ1) is 41.6. The van der Waals surface area contributed by atoms with Crippen LogP contribution in [0.5, 0.6) is 0 Å². The molecule has 3 heterocycles. The van der Waals surface area contributed by atoms with Crippen LogP contribution in [0.2, 0.25) is 0 Å². The zero-order valence-electron chi connectivity index (χ0n) is 47.6. The number of amides is 12. The van der Waals surface area contributed by atoms with E-state index in [9.17, 15) is 73.0 Å². The molecular formula is C60H63N11O16. The first-order valence-corrected chi connectivity index (χ1v) is 28.2. The molecule has 8 rings (SSSR count). The lowest BCUT2D eigenvalue weighted by Gasteiger charge is -2.29. The molecule has 0 aliphatic carbocycles. The van der Waals surface area contributed by atoms with Gasteiger partial charge in [-0.25, -0.2) is 9.59 Å². The predicted molar refractivity (Wildman–Crippen MR) is 312 cm³/mol. The smallest absolute Gasteiger partial charge is 0.410 e. The third-order valence-electron chi connectivity index (χ3n) is 15.0. The number of nitro benzene ring substituents is 2. The van der Waals surface area contributed by atoms with Crippen LogP contribution < -0.4 is 27.0 Å². The molecule has 6 N–H and O–H groups in total. The van der Waals surface area contributed by atoms with Crippen LogP contribution in [0.1, 0.15) is 119 Å². The molecule has 5 aromatic carbocycles. The van der Waals surface area contributed by atoms with E-state index in [-0.39, 0.29) is 129 Å². The van der Waals surface area contributed by atoms with E-state index in [4.69, 9.17) is 10.5 Å². The summed E-state index contributed by atoms with van der Waals surface area (Å²) in [7, 11) is 0. The molecule has 5 aromatic rings. The molecule has 0 fully saturated rings. The second-order valence-electron chi connectivity index (χ2n) is 21.4. The average molecular weight is 1190 g/mol.